The largest absolute Gasteiger partial charge is 0.491 e. The number of benzene rings is 3. The summed E-state index contributed by atoms with van der Waals surface area (Å²) in [6, 6.07) is 19.4. The highest BCUT2D eigenvalue weighted by atomic mass is 16.6. The van der Waals surface area contributed by atoms with Crippen LogP contribution >= 0.6 is 0 Å². The SMILES string of the molecule is O=C1C[C@@H](C(=O)NCCc2ccc3c(c2)OCCO3)NC(=O)c2ccccc2OCCNC(=O)[C@H](Cc2ccccc2)N1. The van der Waals surface area contributed by atoms with Crippen LogP contribution < -0.4 is 35.5 Å². The second-order valence-electron chi connectivity index (χ2n) is 10.2. The highest BCUT2D eigenvalue weighted by Crippen LogP contribution is 2.30. The van der Waals surface area contributed by atoms with E-state index in [1.165, 1.54) is 0 Å². The molecule has 3 aromatic rings. The second kappa shape index (κ2) is 14.2. The van der Waals surface area contributed by atoms with E-state index in [2.05, 4.69) is 21.3 Å². The molecule has 5 rings (SSSR count). The van der Waals surface area contributed by atoms with E-state index >= 15 is 0 Å². The van der Waals surface area contributed by atoms with Gasteiger partial charge in [0.25, 0.3) is 5.91 Å². The average molecular weight is 587 g/mol. The van der Waals surface area contributed by atoms with Crippen molar-refractivity contribution in [1.29, 1.82) is 0 Å². The van der Waals surface area contributed by atoms with E-state index in [0.29, 0.717) is 36.9 Å². The molecule has 0 radical (unpaired) electrons. The molecule has 0 spiro atoms. The molecule has 224 valence electrons. The third-order valence-electron chi connectivity index (χ3n) is 7.06. The van der Waals surface area contributed by atoms with Gasteiger partial charge in [-0.1, -0.05) is 48.5 Å². The fourth-order valence-electron chi connectivity index (χ4n) is 4.88. The standard InChI is InChI=1S/C32H34N4O7/c37-29-20-25(32(40)33-13-12-22-10-11-27-28(19-22)43-17-16-42-27)36-30(38)23-8-4-5-9-26(23)41-15-14-34-31(39)24(35-29)18-21-6-2-1-3-7-21/h1-11,19,24-25H,12-18,20H2,(H,33,40)(H,34,39)(H,35,37)(H,36,38)/t24-,25-/m0/s1. The predicted molar refractivity (Wildman–Crippen MR) is 157 cm³/mol. The molecule has 11 nitrogen and oxygen atoms in total. The number of amides is 4. The van der Waals surface area contributed by atoms with Gasteiger partial charge in [-0.15, -0.1) is 0 Å². The molecule has 2 atom stereocenters. The Bertz CT molecular complexity index is 1460. The van der Waals surface area contributed by atoms with Crippen LogP contribution in [0.2, 0.25) is 0 Å². The zero-order valence-electron chi connectivity index (χ0n) is 23.6. The minimum absolute atomic E-state index is 0.103. The van der Waals surface area contributed by atoms with Gasteiger partial charge in [0.15, 0.2) is 11.5 Å². The smallest absolute Gasteiger partial charge is 0.255 e. The number of hydrogen-bond donors (Lipinski definition) is 4. The Labute approximate surface area is 249 Å². The van der Waals surface area contributed by atoms with Gasteiger partial charge < -0.3 is 35.5 Å². The van der Waals surface area contributed by atoms with E-state index in [4.69, 9.17) is 14.2 Å². The molecule has 0 saturated heterocycles. The van der Waals surface area contributed by atoms with Gasteiger partial charge in [0.05, 0.1) is 18.5 Å². The van der Waals surface area contributed by atoms with Gasteiger partial charge in [-0.2, -0.15) is 0 Å². The molecule has 3 aromatic carbocycles. The van der Waals surface area contributed by atoms with Gasteiger partial charge in [-0.05, 0) is 41.8 Å². The van der Waals surface area contributed by atoms with Crippen molar-refractivity contribution in [2.75, 3.05) is 32.9 Å². The van der Waals surface area contributed by atoms with Crippen LogP contribution in [0.4, 0.5) is 0 Å². The first-order valence-electron chi connectivity index (χ1n) is 14.3. The first-order chi connectivity index (χ1) is 21.0. The van der Waals surface area contributed by atoms with Crippen molar-refractivity contribution in [3.63, 3.8) is 0 Å². The molecular weight excluding hydrogens is 552 g/mol. The summed E-state index contributed by atoms with van der Waals surface area (Å²) >= 11 is 0. The summed E-state index contributed by atoms with van der Waals surface area (Å²) in [7, 11) is 0. The normalized spacial score (nSPS) is 18.9. The number of para-hydroxylation sites is 1. The topological polar surface area (TPSA) is 144 Å². The zero-order valence-corrected chi connectivity index (χ0v) is 23.6. The predicted octanol–water partition coefficient (Wildman–Crippen LogP) is 1.54. The molecule has 43 heavy (non-hydrogen) atoms. The number of fused-ring (bicyclic) bond motifs is 2. The number of ether oxygens (including phenoxy) is 3. The molecular formula is C32H34N4O7. The van der Waals surface area contributed by atoms with E-state index in [9.17, 15) is 19.2 Å². The lowest BCUT2D eigenvalue weighted by Crippen LogP contribution is -2.53. The van der Waals surface area contributed by atoms with Gasteiger partial charge in [0.2, 0.25) is 17.7 Å². The van der Waals surface area contributed by atoms with Gasteiger partial charge in [-0.3, -0.25) is 19.2 Å². The molecule has 2 aliphatic heterocycles. The van der Waals surface area contributed by atoms with E-state index in [1.54, 1.807) is 24.3 Å². The number of nitrogens with one attached hydrogen (secondary N) is 4. The van der Waals surface area contributed by atoms with Crippen molar-refractivity contribution >= 4 is 23.6 Å². The Morgan fingerprint density at radius 1 is 0.791 bits per heavy atom. The van der Waals surface area contributed by atoms with Crippen molar-refractivity contribution in [2.24, 2.45) is 0 Å². The Morgan fingerprint density at radius 3 is 2.37 bits per heavy atom. The summed E-state index contributed by atoms with van der Waals surface area (Å²) in [4.78, 5) is 52.9. The van der Waals surface area contributed by atoms with E-state index < -0.39 is 29.8 Å². The quantitative estimate of drug-likeness (QED) is 0.343. The van der Waals surface area contributed by atoms with Gasteiger partial charge in [0, 0.05) is 13.0 Å². The third kappa shape index (κ3) is 8.03. The minimum Gasteiger partial charge on any atom is -0.491 e. The van der Waals surface area contributed by atoms with Crippen molar-refractivity contribution in [1.82, 2.24) is 21.3 Å². The van der Waals surface area contributed by atoms with E-state index in [1.807, 2.05) is 48.5 Å². The third-order valence-corrected chi connectivity index (χ3v) is 7.06. The van der Waals surface area contributed by atoms with Crippen LogP contribution in [0.15, 0.2) is 72.8 Å². The number of rotatable bonds is 6. The van der Waals surface area contributed by atoms with Crippen LogP contribution in [0.3, 0.4) is 0 Å². The van der Waals surface area contributed by atoms with Crippen LogP contribution in [-0.2, 0) is 27.2 Å². The second-order valence-corrected chi connectivity index (χ2v) is 10.2. The fraction of sp³-hybridized carbons (Fsp3) is 0.312. The van der Waals surface area contributed by atoms with Crippen molar-refractivity contribution < 1.29 is 33.4 Å². The molecule has 2 aliphatic rings. The molecule has 4 N–H and O–H groups in total. The summed E-state index contributed by atoms with van der Waals surface area (Å²) in [5.41, 5.74) is 2.00. The Morgan fingerprint density at radius 2 is 1.53 bits per heavy atom. The lowest BCUT2D eigenvalue weighted by molar-refractivity contribution is -0.131. The summed E-state index contributed by atoms with van der Waals surface area (Å²) < 4.78 is 17.0. The molecule has 0 aliphatic carbocycles. The van der Waals surface area contributed by atoms with Crippen molar-refractivity contribution in [2.45, 2.75) is 31.3 Å². The van der Waals surface area contributed by atoms with Crippen LogP contribution in [0.5, 0.6) is 17.2 Å². The highest BCUT2D eigenvalue weighted by Gasteiger charge is 2.29. The first kappa shape index (κ1) is 29.4. The van der Waals surface area contributed by atoms with Crippen LogP contribution in [0.25, 0.3) is 0 Å². The molecule has 2 heterocycles. The molecule has 0 fully saturated rings. The molecule has 0 unspecified atom stereocenters. The molecule has 0 saturated carbocycles. The van der Waals surface area contributed by atoms with E-state index in [0.717, 1.165) is 11.1 Å². The zero-order chi connectivity index (χ0) is 30.0. The lowest BCUT2D eigenvalue weighted by Gasteiger charge is -2.23. The summed E-state index contributed by atoms with van der Waals surface area (Å²) in [5.74, 6) is -0.390. The van der Waals surface area contributed by atoms with Gasteiger partial charge in [0.1, 0.15) is 37.7 Å². The number of carbonyl (C=O) groups is 4. The maximum absolute atomic E-state index is 13.3. The maximum atomic E-state index is 13.3. The summed E-state index contributed by atoms with van der Waals surface area (Å²) in [6.45, 7) is 1.50. The number of hydrogen-bond acceptors (Lipinski definition) is 7. The fourth-order valence-corrected chi connectivity index (χ4v) is 4.88. The maximum Gasteiger partial charge on any atom is 0.255 e. The van der Waals surface area contributed by atoms with E-state index in [-0.39, 0.29) is 44.0 Å². The molecule has 4 amide bonds. The lowest BCUT2D eigenvalue weighted by atomic mass is 10.0. The van der Waals surface area contributed by atoms with Crippen molar-refractivity contribution in [3.05, 3.63) is 89.5 Å². The van der Waals surface area contributed by atoms with Crippen LogP contribution in [-0.4, -0.2) is 68.6 Å². The molecule has 11 heteroatoms. The van der Waals surface area contributed by atoms with Gasteiger partial charge in [-0.25, -0.2) is 0 Å². The Kier molecular flexibility index (Phi) is 9.73. The number of carbonyl (C=O) groups excluding carboxylic acids is 4. The molecule has 0 aromatic heterocycles. The van der Waals surface area contributed by atoms with Crippen LogP contribution in [0.1, 0.15) is 27.9 Å². The minimum atomic E-state index is -1.20. The Hall–Kier alpha value is -5.06. The van der Waals surface area contributed by atoms with Crippen LogP contribution in [0, 0.1) is 0 Å². The summed E-state index contributed by atoms with van der Waals surface area (Å²) in [5, 5.41) is 11.1. The van der Waals surface area contributed by atoms with Gasteiger partial charge >= 0.3 is 0 Å². The monoisotopic (exact) mass is 586 g/mol. The van der Waals surface area contributed by atoms with Crippen molar-refractivity contribution in [3.8, 4) is 17.2 Å². The first-order valence-corrected chi connectivity index (χ1v) is 14.3. The average Bonchev–Trinajstić information content (AvgIpc) is 3.02. The Balaban J connectivity index is 1.31. The summed E-state index contributed by atoms with van der Waals surface area (Å²) in [6.07, 6.45) is 0.370. The molecule has 0 bridgehead atoms. The highest BCUT2D eigenvalue weighted by molar-refractivity contribution is 6.01.